The number of hydrogen-bond acceptors (Lipinski definition) is 5. The summed E-state index contributed by atoms with van der Waals surface area (Å²) in [6.07, 6.45) is 2.86. The molecular formula is C9H10N6O. The van der Waals surface area contributed by atoms with Crippen molar-refractivity contribution in [3.8, 4) is 0 Å². The highest BCUT2D eigenvalue weighted by molar-refractivity contribution is 5.92. The molecule has 4 N–H and O–H groups in total. The molecule has 0 bridgehead atoms. The fourth-order valence-electron chi connectivity index (χ4n) is 1.14. The highest BCUT2D eigenvalue weighted by Gasteiger charge is 2.07. The Morgan fingerprint density at radius 3 is 3.06 bits per heavy atom. The number of carbonyl (C=O) groups excluding carboxylic acids is 1. The first kappa shape index (κ1) is 10.1. The highest BCUT2D eigenvalue weighted by atomic mass is 16.1. The van der Waals surface area contributed by atoms with E-state index in [1.54, 1.807) is 6.07 Å². The monoisotopic (exact) mass is 218 g/mol. The van der Waals surface area contributed by atoms with E-state index in [1.807, 2.05) is 0 Å². The first-order valence-corrected chi connectivity index (χ1v) is 4.59. The fraction of sp³-hybridized carbons (Fsp3) is 0.111. The van der Waals surface area contributed by atoms with Gasteiger partial charge in [-0.3, -0.25) is 14.9 Å². The Bertz CT molecular complexity index is 481. The van der Waals surface area contributed by atoms with Crippen LogP contribution in [0.1, 0.15) is 16.3 Å². The van der Waals surface area contributed by atoms with Gasteiger partial charge in [-0.25, -0.2) is 4.98 Å². The Labute approximate surface area is 91.1 Å². The van der Waals surface area contributed by atoms with E-state index in [-0.39, 0.29) is 18.1 Å². The van der Waals surface area contributed by atoms with Gasteiger partial charge in [-0.1, -0.05) is 0 Å². The van der Waals surface area contributed by atoms with E-state index in [1.165, 1.54) is 18.6 Å². The van der Waals surface area contributed by atoms with Gasteiger partial charge in [-0.15, -0.1) is 0 Å². The number of rotatable bonds is 3. The number of hydrogen-bond donors (Lipinski definition) is 3. The number of nitrogens with zero attached hydrogens (tertiary/aromatic N) is 3. The maximum Gasteiger partial charge on any atom is 0.270 e. The lowest BCUT2D eigenvalue weighted by molar-refractivity contribution is 0.0945. The van der Waals surface area contributed by atoms with Gasteiger partial charge in [-0.2, -0.15) is 5.10 Å². The van der Waals surface area contributed by atoms with Crippen molar-refractivity contribution in [2.24, 2.45) is 0 Å². The van der Waals surface area contributed by atoms with Crippen LogP contribution < -0.4 is 11.1 Å². The fourth-order valence-corrected chi connectivity index (χ4v) is 1.14. The standard InChI is InChI=1S/C9H10N6O/c10-6-1-2-11-7(3-6)9(16)12-4-8-13-5-14-15-8/h1-3,5H,4H2,(H2,10,11)(H,12,16)(H,13,14,15). The molecule has 7 nitrogen and oxygen atoms in total. The van der Waals surface area contributed by atoms with Gasteiger partial charge in [0.15, 0.2) is 0 Å². The number of pyridine rings is 1. The molecule has 2 heterocycles. The Morgan fingerprint density at radius 1 is 1.50 bits per heavy atom. The van der Waals surface area contributed by atoms with Gasteiger partial charge in [-0.05, 0) is 12.1 Å². The third-order valence-corrected chi connectivity index (χ3v) is 1.90. The SMILES string of the molecule is Nc1ccnc(C(=O)NCc2ncn[nH]2)c1. The summed E-state index contributed by atoms with van der Waals surface area (Å²) in [5.41, 5.74) is 6.32. The number of nitrogen functional groups attached to an aromatic ring is 1. The van der Waals surface area contributed by atoms with Gasteiger partial charge in [0.05, 0.1) is 6.54 Å². The second-order valence-corrected chi connectivity index (χ2v) is 3.09. The highest BCUT2D eigenvalue weighted by Crippen LogP contribution is 2.02. The zero-order valence-electron chi connectivity index (χ0n) is 8.34. The lowest BCUT2D eigenvalue weighted by atomic mass is 10.3. The van der Waals surface area contributed by atoms with Crippen LogP contribution in [-0.4, -0.2) is 26.1 Å². The molecule has 2 aromatic heterocycles. The van der Waals surface area contributed by atoms with Gasteiger partial charge in [0, 0.05) is 11.9 Å². The van der Waals surface area contributed by atoms with E-state index in [9.17, 15) is 4.79 Å². The lowest BCUT2D eigenvalue weighted by Crippen LogP contribution is -2.24. The summed E-state index contributed by atoms with van der Waals surface area (Å²) in [6, 6.07) is 3.13. The minimum atomic E-state index is -0.302. The molecule has 0 aromatic carbocycles. The molecule has 1 amide bonds. The van der Waals surface area contributed by atoms with Gasteiger partial charge in [0.1, 0.15) is 17.8 Å². The molecule has 0 aliphatic heterocycles. The largest absolute Gasteiger partial charge is 0.399 e. The van der Waals surface area contributed by atoms with Crippen molar-refractivity contribution in [2.75, 3.05) is 5.73 Å². The topological polar surface area (TPSA) is 110 Å². The van der Waals surface area contributed by atoms with E-state index in [2.05, 4.69) is 25.5 Å². The molecule has 2 aromatic rings. The van der Waals surface area contributed by atoms with Crippen LogP contribution in [0.3, 0.4) is 0 Å². The second kappa shape index (κ2) is 4.39. The van der Waals surface area contributed by atoms with E-state index < -0.39 is 0 Å². The van der Waals surface area contributed by atoms with Crippen LogP contribution in [0.2, 0.25) is 0 Å². The summed E-state index contributed by atoms with van der Waals surface area (Å²) < 4.78 is 0. The molecule has 0 aliphatic carbocycles. The van der Waals surface area contributed by atoms with E-state index in [0.717, 1.165) is 0 Å². The maximum atomic E-state index is 11.6. The van der Waals surface area contributed by atoms with Crippen molar-refractivity contribution >= 4 is 11.6 Å². The Hall–Kier alpha value is -2.44. The Kier molecular flexibility index (Phi) is 2.77. The number of carbonyl (C=O) groups is 1. The number of nitrogens with one attached hydrogen (secondary N) is 2. The van der Waals surface area contributed by atoms with Gasteiger partial charge in [0.25, 0.3) is 5.91 Å². The molecule has 82 valence electrons. The molecule has 0 saturated heterocycles. The summed E-state index contributed by atoms with van der Waals surface area (Å²) >= 11 is 0. The zero-order chi connectivity index (χ0) is 11.4. The first-order valence-electron chi connectivity index (χ1n) is 4.59. The first-order chi connectivity index (χ1) is 7.75. The molecule has 0 spiro atoms. The molecule has 0 saturated carbocycles. The third kappa shape index (κ3) is 2.32. The zero-order valence-corrected chi connectivity index (χ0v) is 8.34. The predicted octanol–water partition coefficient (Wildman–Crippen LogP) is -0.288. The third-order valence-electron chi connectivity index (χ3n) is 1.90. The minimum Gasteiger partial charge on any atom is -0.399 e. The van der Waals surface area contributed by atoms with Gasteiger partial charge < -0.3 is 11.1 Å². The summed E-state index contributed by atoms with van der Waals surface area (Å²) in [4.78, 5) is 19.4. The van der Waals surface area contributed by atoms with Gasteiger partial charge in [0.2, 0.25) is 0 Å². The van der Waals surface area contributed by atoms with Crippen LogP contribution >= 0.6 is 0 Å². The van der Waals surface area contributed by atoms with Crippen LogP contribution in [-0.2, 0) is 6.54 Å². The van der Waals surface area contributed by atoms with Crippen molar-refractivity contribution in [1.29, 1.82) is 0 Å². The quantitative estimate of drug-likeness (QED) is 0.655. The lowest BCUT2D eigenvalue weighted by Gasteiger charge is -2.02. The molecular weight excluding hydrogens is 208 g/mol. The second-order valence-electron chi connectivity index (χ2n) is 3.09. The van der Waals surface area contributed by atoms with E-state index in [0.29, 0.717) is 11.5 Å². The van der Waals surface area contributed by atoms with Crippen LogP contribution in [0.25, 0.3) is 0 Å². The van der Waals surface area contributed by atoms with Crippen molar-refractivity contribution in [1.82, 2.24) is 25.5 Å². The van der Waals surface area contributed by atoms with Crippen LogP contribution in [0.15, 0.2) is 24.7 Å². The number of amides is 1. The van der Waals surface area contributed by atoms with E-state index in [4.69, 9.17) is 5.73 Å². The van der Waals surface area contributed by atoms with Crippen LogP contribution in [0, 0.1) is 0 Å². The molecule has 16 heavy (non-hydrogen) atoms. The average molecular weight is 218 g/mol. The molecule has 0 unspecified atom stereocenters. The molecule has 7 heteroatoms. The van der Waals surface area contributed by atoms with Crippen molar-refractivity contribution in [3.63, 3.8) is 0 Å². The summed E-state index contributed by atoms with van der Waals surface area (Å²) in [6.45, 7) is 0.273. The maximum absolute atomic E-state index is 11.6. The number of aromatic amines is 1. The molecule has 0 atom stereocenters. The normalized spacial score (nSPS) is 10.0. The summed E-state index contributed by atoms with van der Waals surface area (Å²) in [5.74, 6) is 0.279. The Balaban J connectivity index is 1.98. The Morgan fingerprint density at radius 2 is 2.38 bits per heavy atom. The molecule has 0 fully saturated rings. The molecule has 0 radical (unpaired) electrons. The van der Waals surface area contributed by atoms with E-state index >= 15 is 0 Å². The van der Waals surface area contributed by atoms with Crippen molar-refractivity contribution in [3.05, 3.63) is 36.2 Å². The molecule has 2 rings (SSSR count). The van der Waals surface area contributed by atoms with Gasteiger partial charge >= 0.3 is 0 Å². The summed E-state index contributed by atoms with van der Waals surface area (Å²) in [5, 5.41) is 8.94. The van der Waals surface area contributed by atoms with Crippen molar-refractivity contribution < 1.29 is 4.79 Å². The van der Waals surface area contributed by atoms with Crippen LogP contribution in [0.5, 0.6) is 0 Å². The number of nitrogens with two attached hydrogens (primary N) is 1. The molecule has 0 aliphatic rings. The number of aromatic nitrogens is 4. The average Bonchev–Trinajstić information content (AvgIpc) is 2.78. The van der Waals surface area contributed by atoms with Crippen LogP contribution in [0.4, 0.5) is 5.69 Å². The predicted molar refractivity (Wildman–Crippen MR) is 56.2 cm³/mol. The summed E-state index contributed by atoms with van der Waals surface area (Å²) in [7, 11) is 0. The smallest absolute Gasteiger partial charge is 0.270 e. The van der Waals surface area contributed by atoms with Crippen molar-refractivity contribution in [2.45, 2.75) is 6.54 Å². The minimum absolute atomic E-state index is 0.273. The number of anilines is 1. The number of H-pyrrole nitrogens is 1.